The van der Waals surface area contributed by atoms with E-state index < -0.39 is 0 Å². The number of nitrogens with zero attached hydrogens (tertiary/aromatic N) is 2. The maximum absolute atomic E-state index is 12.9. The Morgan fingerprint density at radius 3 is 2.53 bits per heavy atom. The van der Waals surface area contributed by atoms with E-state index in [2.05, 4.69) is 46.4 Å². The maximum Gasteiger partial charge on any atom is 0.234 e. The topological polar surface area (TPSA) is 44.8 Å². The fourth-order valence-electron chi connectivity index (χ4n) is 3.88. The summed E-state index contributed by atoms with van der Waals surface area (Å²) in [5.41, 5.74) is 1.34. The van der Waals surface area contributed by atoms with Gasteiger partial charge in [0.05, 0.1) is 13.1 Å². The lowest BCUT2D eigenvalue weighted by molar-refractivity contribution is -0.122. The Bertz CT molecular complexity index is 762. The average Bonchev–Trinajstić information content (AvgIpc) is 2.74. The number of piperidine rings is 1. The van der Waals surface area contributed by atoms with Gasteiger partial charge in [-0.2, -0.15) is 0 Å². The largest absolute Gasteiger partial charge is 0.492 e. The van der Waals surface area contributed by atoms with Crippen molar-refractivity contribution in [3.05, 3.63) is 66.0 Å². The number of likely N-dealkylation sites (tertiary alicyclic amines) is 1. The molecule has 162 valence electrons. The SMILES string of the molecule is CN(Cc1ccccc1)CC1CCN(CC(=O)NCCOc2ccc(F)cc2)CC1. The molecule has 0 aromatic heterocycles. The van der Waals surface area contributed by atoms with E-state index in [0.29, 0.717) is 31.4 Å². The third-order valence-electron chi connectivity index (χ3n) is 5.45. The summed E-state index contributed by atoms with van der Waals surface area (Å²) in [6.07, 6.45) is 2.25. The highest BCUT2D eigenvalue weighted by molar-refractivity contribution is 5.78. The number of hydrogen-bond acceptors (Lipinski definition) is 4. The first-order chi connectivity index (χ1) is 14.6. The van der Waals surface area contributed by atoms with Gasteiger partial charge in [0, 0.05) is 13.1 Å². The molecule has 2 aromatic rings. The van der Waals surface area contributed by atoms with Gasteiger partial charge in [0.15, 0.2) is 0 Å². The van der Waals surface area contributed by atoms with Gasteiger partial charge in [0.2, 0.25) is 5.91 Å². The second-order valence-electron chi connectivity index (χ2n) is 8.05. The van der Waals surface area contributed by atoms with Gasteiger partial charge in [0.25, 0.3) is 0 Å². The zero-order valence-electron chi connectivity index (χ0n) is 17.7. The number of nitrogens with one attached hydrogen (secondary N) is 1. The van der Waals surface area contributed by atoms with Crippen LogP contribution in [-0.4, -0.2) is 62.1 Å². The van der Waals surface area contributed by atoms with E-state index in [-0.39, 0.29) is 11.7 Å². The molecule has 0 spiro atoms. The summed E-state index contributed by atoms with van der Waals surface area (Å²) < 4.78 is 18.4. The summed E-state index contributed by atoms with van der Waals surface area (Å²) in [6.45, 7) is 5.24. The third kappa shape index (κ3) is 7.76. The number of amides is 1. The predicted octanol–water partition coefficient (Wildman–Crippen LogP) is 3.16. The Labute approximate surface area is 178 Å². The van der Waals surface area contributed by atoms with Crippen molar-refractivity contribution in [3.8, 4) is 5.75 Å². The number of carbonyl (C=O) groups is 1. The van der Waals surface area contributed by atoms with Gasteiger partial charge in [-0.1, -0.05) is 30.3 Å². The minimum atomic E-state index is -0.290. The van der Waals surface area contributed by atoms with Crippen molar-refractivity contribution in [1.29, 1.82) is 0 Å². The van der Waals surface area contributed by atoms with Crippen LogP contribution in [0.2, 0.25) is 0 Å². The van der Waals surface area contributed by atoms with Gasteiger partial charge in [-0.25, -0.2) is 4.39 Å². The first-order valence-electron chi connectivity index (χ1n) is 10.7. The van der Waals surface area contributed by atoms with Gasteiger partial charge in [-0.15, -0.1) is 0 Å². The zero-order valence-corrected chi connectivity index (χ0v) is 17.7. The number of carbonyl (C=O) groups excluding carboxylic acids is 1. The summed E-state index contributed by atoms with van der Waals surface area (Å²) in [5, 5.41) is 2.89. The van der Waals surface area contributed by atoms with Crippen molar-refractivity contribution in [2.24, 2.45) is 5.92 Å². The highest BCUT2D eigenvalue weighted by atomic mass is 19.1. The predicted molar refractivity (Wildman–Crippen MR) is 117 cm³/mol. The van der Waals surface area contributed by atoms with Gasteiger partial charge >= 0.3 is 0 Å². The molecule has 1 aliphatic heterocycles. The number of ether oxygens (including phenoxy) is 1. The molecule has 6 heteroatoms. The normalized spacial score (nSPS) is 15.3. The molecule has 0 unspecified atom stereocenters. The Morgan fingerprint density at radius 1 is 1.13 bits per heavy atom. The molecule has 0 saturated carbocycles. The molecule has 5 nitrogen and oxygen atoms in total. The van der Waals surface area contributed by atoms with E-state index in [1.165, 1.54) is 17.7 Å². The van der Waals surface area contributed by atoms with Crippen LogP contribution in [0.4, 0.5) is 4.39 Å². The summed E-state index contributed by atoms with van der Waals surface area (Å²) in [6, 6.07) is 16.4. The molecule has 30 heavy (non-hydrogen) atoms. The molecule has 1 amide bonds. The molecule has 0 atom stereocenters. The fourth-order valence-corrected chi connectivity index (χ4v) is 3.88. The first kappa shape index (κ1) is 22.2. The lowest BCUT2D eigenvalue weighted by Crippen LogP contribution is -2.43. The van der Waals surface area contributed by atoms with Gasteiger partial charge in [-0.3, -0.25) is 9.69 Å². The molecule has 1 N–H and O–H groups in total. The van der Waals surface area contributed by atoms with Crippen LogP contribution in [0.15, 0.2) is 54.6 Å². The van der Waals surface area contributed by atoms with E-state index in [0.717, 1.165) is 39.0 Å². The van der Waals surface area contributed by atoms with Crippen LogP contribution in [0, 0.1) is 11.7 Å². The summed E-state index contributed by atoms with van der Waals surface area (Å²) in [7, 11) is 2.18. The van der Waals surface area contributed by atoms with Crippen molar-refractivity contribution >= 4 is 5.91 Å². The third-order valence-corrected chi connectivity index (χ3v) is 5.45. The minimum Gasteiger partial charge on any atom is -0.492 e. The van der Waals surface area contributed by atoms with Crippen molar-refractivity contribution in [1.82, 2.24) is 15.1 Å². The monoisotopic (exact) mass is 413 g/mol. The molecular formula is C24H32FN3O2. The second kappa shape index (κ2) is 11.7. The molecule has 0 bridgehead atoms. The molecule has 3 rings (SSSR count). The van der Waals surface area contributed by atoms with Crippen molar-refractivity contribution in [3.63, 3.8) is 0 Å². The Morgan fingerprint density at radius 2 is 1.83 bits per heavy atom. The summed E-state index contributed by atoms with van der Waals surface area (Å²) >= 11 is 0. The van der Waals surface area contributed by atoms with Crippen LogP contribution in [-0.2, 0) is 11.3 Å². The Hall–Kier alpha value is -2.44. The highest BCUT2D eigenvalue weighted by Crippen LogP contribution is 2.18. The number of benzene rings is 2. The smallest absolute Gasteiger partial charge is 0.234 e. The molecule has 0 aliphatic carbocycles. The summed E-state index contributed by atoms with van der Waals surface area (Å²) in [4.78, 5) is 16.8. The van der Waals surface area contributed by atoms with Crippen LogP contribution in [0.3, 0.4) is 0 Å². The zero-order chi connectivity index (χ0) is 21.2. The van der Waals surface area contributed by atoms with Crippen molar-refractivity contribution in [2.75, 3.05) is 46.4 Å². The first-order valence-corrected chi connectivity index (χ1v) is 10.7. The molecule has 0 radical (unpaired) electrons. The lowest BCUT2D eigenvalue weighted by atomic mass is 9.96. The molecular weight excluding hydrogens is 381 g/mol. The fraction of sp³-hybridized carbons (Fsp3) is 0.458. The number of halogens is 1. The summed E-state index contributed by atoms with van der Waals surface area (Å²) in [5.74, 6) is 1.02. The molecule has 1 fully saturated rings. The van der Waals surface area contributed by atoms with Gasteiger partial charge in [-0.05, 0) is 68.7 Å². The van der Waals surface area contributed by atoms with E-state index in [9.17, 15) is 9.18 Å². The lowest BCUT2D eigenvalue weighted by Gasteiger charge is -2.33. The average molecular weight is 414 g/mol. The Kier molecular flexibility index (Phi) is 8.66. The maximum atomic E-state index is 12.9. The van der Waals surface area contributed by atoms with Gasteiger partial charge in [0.1, 0.15) is 18.2 Å². The van der Waals surface area contributed by atoms with E-state index in [1.54, 1.807) is 12.1 Å². The van der Waals surface area contributed by atoms with Gasteiger partial charge < -0.3 is 15.0 Å². The van der Waals surface area contributed by atoms with Crippen LogP contribution in [0.5, 0.6) is 5.75 Å². The molecule has 2 aromatic carbocycles. The van der Waals surface area contributed by atoms with Crippen molar-refractivity contribution in [2.45, 2.75) is 19.4 Å². The van der Waals surface area contributed by atoms with E-state index in [1.807, 2.05) is 6.07 Å². The highest BCUT2D eigenvalue weighted by Gasteiger charge is 2.21. The van der Waals surface area contributed by atoms with E-state index >= 15 is 0 Å². The van der Waals surface area contributed by atoms with Crippen LogP contribution < -0.4 is 10.1 Å². The molecule has 1 saturated heterocycles. The number of hydrogen-bond donors (Lipinski definition) is 1. The van der Waals surface area contributed by atoms with Crippen LogP contribution in [0.25, 0.3) is 0 Å². The van der Waals surface area contributed by atoms with Crippen LogP contribution >= 0.6 is 0 Å². The van der Waals surface area contributed by atoms with Crippen molar-refractivity contribution < 1.29 is 13.9 Å². The quantitative estimate of drug-likeness (QED) is 0.608. The van der Waals surface area contributed by atoms with Crippen LogP contribution in [0.1, 0.15) is 18.4 Å². The Balaban J connectivity index is 1.26. The second-order valence-corrected chi connectivity index (χ2v) is 8.05. The van der Waals surface area contributed by atoms with E-state index in [4.69, 9.17) is 4.74 Å². The standard InChI is InChI=1S/C24H32FN3O2/c1-27(17-20-5-3-2-4-6-20)18-21-11-14-28(15-12-21)19-24(29)26-13-16-30-23-9-7-22(25)8-10-23/h2-10,21H,11-19H2,1H3,(H,26,29). The number of rotatable bonds is 10. The molecule has 1 aliphatic rings. The minimum absolute atomic E-state index is 0.0253. The molecule has 1 heterocycles.